The van der Waals surface area contributed by atoms with Crippen LogP contribution in [0.5, 0.6) is 5.75 Å². The molecule has 8 nitrogen and oxygen atoms in total. The molecule has 8 heteroatoms. The summed E-state index contributed by atoms with van der Waals surface area (Å²) < 4.78 is 5.11. The topological polar surface area (TPSA) is 95.1 Å². The highest BCUT2D eigenvalue weighted by molar-refractivity contribution is 5.94. The van der Waals surface area contributed by atoms with E-state index in [1.165, 1.54) is 0 Å². The number of nitrogens with one attached hydrogen (secondary N) is 3. The van der Waals surface area contributed by atoms with Crippen molar-refractivity contribution in [2.75, 3.05) is 47.4 Å². The van der Waals surface area contributed by atoms with Crippen molar-refractivity contribution in [3.63, 3.8) is 0 Å². The first-order valence-corrected chi connectivity index (χ1v) is 10.6. The number of carbonyl (C=O) groups excluding carboxylic acids is 2. The first-order valence-electron chi connectivity index (χ1n) is 10.6. The molecule has 1 aromatic carbocycles. The third-order valence-corrected chi connectivity index (χ3v) is 5.36. The van der Waals surface area contributed by atoms with Gasteiger partial charge in [0.1, 0.15) is 5.75 Å². The van der Waals surface area contributed by atoms with Crippen LogP contribution in [-0.4, -0.2) is 70.1 Å². The van der Waals surface area contributed by atoms with Crippen LogP contribution >= 0.6 is 0 Å². The summed E-state index contributed by atoms with van der Waals surface area (Å²) in [6, 6.07) is 6.99. The van der Waals surface area contributed by atoms with E-state index in [1.54, 1.807) is 50.4 Å². The summed E-state index contributed by atoms with van der Waals surface area (Å²) in [6.45, 7) is 4.18. The maximum atomic E-state index is 12.7. The average molecular weight is 418 g/mol. The highest BCUT2D eigenvalue weighted by Gasteiger charge is 2.42. The molecule has 1 saturated carbocycles. The zero-order chi connectivity index (χ0) is 22.0. The van der Waals surface area contributed by atoms with Gasteiger partial charge in [0.05, 0.1) is 19.1 Å². The van der Waals surface area contributed by atoms with Gasteiger partial charge in [-0.1, -0.05) is 12.8 Å². The lowest BCUT2D eigenvalue weighted by molar-refractivity contribution is -0.138. The highest BCUT2D eigenvalue weighted by atomic mass is 16.5. The average Bonchev–Trinajstić information content (AvgIpc) is 3.24. The predicted octanol–water partition coefficient (Wildman–Crippen LogP) is 1.63. The van der Waals surface area contributed by atoms with E-state index >= 15 is 0 Å². The van der Waals surface area contributed by atoms with Crippen LogP contribution in [-0.2, 0) is 4.79 Å². The van der Waals surface area contributed by atoms with E-state index in [0.717, 1.165) is 32.2 Å². The van der Waals surface area contributed by atoms with Gasteiger partial charge in [0.2, 0.25) is 5.91 Å². The summed E-state index contributed by atoms with van der Waals surface area (Å²) in [5.74, 6) is 1.40. The number of nitrogens with zero attached hydrogens (tertiary/aromatic N) is 2. The van der Waals surface area contributed by atoms with E-state index in [9.17, 15) is 9.59 Å². The number of rotatable bonds is 9. The molecule has 2 amide bonds. The minimum absolute atomic E-state index is 0.136. The summed E-state index contributed by atoms with van der Waals surface area (Å²) in [5.41, 5.74) is 0.191. The fraction of sp³-hybridized carbons (Fsp3) is 0.591. The molecule has 1 aliphatic carbocycles. The zero-order valence-electron chi connectivity index (χ0n) is 18.6. The molecule has 0 unspecified atom stereocenters. The van der Waals surface area contributed by atoms with Crippen molar-refractivity contribution in [3.8, 4) is 5.75 Å². The Balaban J connectivity index is 1.87. The van der Waals surface area contributed by atoms with E-state index in [-0.39, 0.29) is 11.8 Å². The number of ether oxygens (including phenoxy) is 1. The van der Waals surface area contributed by atoms with Crippen molar-refractivity contribution in [2.45, 2.75) is 32.6 Å². The van der Waals surface area contributed by atoms with Crippen LogP contribution < -0.4 is 20.7 Å². The minimum atomic E-state index is -0.394. The van der Waals surface area contributed by atoms with Gasteiger partial charge in [-0.3, -0.25) is 14.6 Å². The molecule has 0 radical (unpaired) electrons. The minimum Gasteiger partial charge on any atom is -0.497 e. The van der Waals surface area contributed by atoms with Crippen molar-refractivity contribution in [3.05, 3.63) is 29.8 Å². The van der Waals surface area contributed by atoms with Gasteiger partial charge in [0.15, 0.2) is 5.96 Å². The molecule has 0 bridgehead atoms. The third kappa shape index (κ3) is 6.37. The molecule has 2 rings (SSSR count). The molecule has 0 saturated heterocycles. The number of hydrogen-bond acceptors (Lipinski definition) is 4. The summed E-state index contributed by atoms with van der Waals surface area (Å²) in [6.07, 6.45) is 3.89. The number of methoxy groups -OCH3 is 1. The van der Waals surface area contributed by atoms with Gasteiger partial charge in [-0.2, -0.15) is 0 Å². The Bertz CT molecular complexity index is 725. The molecule has 0 heterocycles. The summed E-state index contributed by atoms with van der Waals surface area (Å²) >= 11 is 0. The number of benzene rings is 1. The lowest BCUT2D eigenvalue weighted by atomic mass is 9.85. The van der Waals surface area contributed by atoms with Gasteiger partial charge in [-0.25, -0.2) is 0 Å². The Morgan fingerprint density at radius 3 is 2.27 bits per heavy atom. The Kier molecular flexibility index (Phi) is 8.95. The maximum absolute atomic E-state index is 12.7. The smallest absolute Gasteiger partial charge is 0.251 e. The SMILES string of the molecule is CCNC(=NCC1(C(=O)N(C)C)CCCC1)NCCNC(=O)c1ccc(OC)cc1. The van der Waals surface area contributed by atoms with Crippen molar-refractivity contribution in [1.82, 2.24) is 20.9 Å². The fourth-order valence-corrected chi connectivity index (χ4v) is 3.74. The lowest BCUT2D eigenvalue weighted by Gasteiger charge is -2.29. The Labute approximate surface area is 179 Å². The van der Waals surface area contributed by atoms with E-state index in [2.05, 4.69) is 20.9 Å². The number of carbonyl (C=O) groups is 2. The van der Waals surface area contributed by atoms with Gasteiger partial charge in [-0.05, 0) is 44.0 Å². The molecule has 0 atom stereocenters. The number of hydrogen-bond donors (Lipinski definition) is 3. The Hall–Kier alpha value is -2.77. The maximum Gasteiger partial charge on any atom is 0.251 e. The molecule has 30 heavy (non-hydrogen) atoms. The van der Waals surface area contributed by atoms with Crippen LogP contribution in [0.2, 0.25) is 0 Å². The first kappa shape index (κ1) is 23.5. The van der Waals surface area contributed by atoms with Crippen molar-refractivity contribution >= 4 is 17.8 Å². The molecule has 1 aliphatic rings. The molecule has 1 fully saturated rings. The first-order chi connectivity index (χ1) is 14.4. The largest absolute Gasteiger partial charge is 0.497 e. The molecule has 0 aromatic heterocycles. The van der Waals surface area contributed by atoms with E-state index in [4.69, 9.17) is 4.74 Å². The van der Waals surface area contributed by atoms with Gasteiger partial charge >= 0.3 is 0 Å². The molecular formula is C22H35N5O3. The van der Waals surface area contributed by atoms with E-state index in [1.807, 2.05) is 6.92 Å². The fourth-order valence-electron chi connectivity index (χ4n) is 3.74. The Morgan fingerprint density at radius 1 is 1.07 bits per heavy atom. The van der Waals surface area contributed by atoms with Crippen LogP contribution in [0.1, 0.15) is 43.0 Å². The summed E-state index contributed by atoms with van der Waals surface area (Å²) in [5, 5.41) is 9.33. The molecule has 0 spiro atoms. The van der Waals surface area contributed by atoms with E-state index < -0.39 is 5.41 Å². The number of amides is 2. The van der Waals surface area contributed by atoms with Crippen LogP contribution in [0, 0.1) is 5.41 Å². The van der Waals surface area contributed by atoms with Gasteiger partial charge in [-0.15, -0.1) is 0 Å². The van der Waals surface area contributed by atoms with Gasteiger partial charge in [0.25, 0.3) is 5.91 Å². The van der Waals surface area contributed by atoms with Crippen LogP contribution in [0.3, 0.4) is 0 Å². The van der Waals surface area contributed by atoms with Crippen molar-refractivity contribution < 1.29 is 14.3 Å². The monoisotopic (exact) mass is 417 g/mol. The summed E-state index contributed by atoms with van der Waals surface area (Å²) in [7, 11) is 5.21. The number of guanidine groups is 1. The van der Waals surface area contributed by atoms with Crippen molar-refractivity contribution in [2.24, 2.45) is 10.4 Å². The van der Waals surface area contributed by atoms with Crippen molar-refractivity contribution in [1.29, 1.82) is 0 Å². The van der Waals surface area contributed by atoms with Crippen LogP contribution in [0.15, 0.2) is 29.3 Å². The predicted molar refractivity (Wildman–Crippen MR) is 119 cm³/mol. The van der Waals surface area contributed by atoms with E-state index in [0.29, 0.717) is 36.9 Å². The molecule has 166 valence electrons. The van der Waals surface area contributed by atoms with Crippen LogP contribution in [0.25, 0.3) is 0 Å². The van der Waals surface area contributed by atoms with Crippen LogP contribution in [0.4, 0.5) is 0 Å². The highest BCUT2D eigenvalue weighted by Crippen LogP contribution is 2.39. The van der Waals surface area contributed by atoms with Gasteiger partial charge < -0.3 is 25.6 Å². The third-order valence-electron chi connectivity index (χ3n) is 5.36. The molecular weight excluding hydrogens is 382 g/mol. The lowest BCUT2D eigenvalue weighted by Crippen LogP contribution is -2.44. The van der Waals surface area contributed by atoms with Gasteiger partial charge in [0, 0.05) is 39.3 Å². The second-order valence-corrected chi connectivity index (χ2v) is 7.79. The normalized spacial score (nSPS) is 15.4. The molecule has 0 aliphatic heterocycles. The quantitative estimate of drug-likeness (QED) is 0.322. The Morgan fingerprint density at radius 2 is 1.70 bits per heavy atom. The second-order valence-electron chi connectivity index (χ2n) is 7.79. The second kappa shape index (κ2) is 11.4. The number of aliphatic imine (C=N–C) groups is 1. The zero-order valence-corrected chi connectivity index (χ0v) is 18.6. The standard InChI is InChI=1S/C22H35N5O3/c1-5-23-21(26-16-22(12-6-7-13-22)20(29)27(2)3)25-15-14-24-19(28)17-8-10-18(30-4)11-9-17/h8-11H,5-7,12-16H2,1-4H3,(H,24,28)(H2,23,25,26). The molecule has 1 aromatic rings. The summed E-state index contributed by atoms with van der Waals surface area (Å²) in [4.78, 5) is 31.3. The molecule has 3 N–H and O–H groups in total.